The zero-order chi connectivity index (χ0) is 23.4. The Balaban J connectivity index is 1.90. The Hall–Kier alpha value is -1.79. The van der Waals surface area contributed by atoms with Crippen LogP contribution in [0.3, 0.4) is 0 Å². The van der Waals surface area contributed by atoms with Crippen molar-refractivity contribution in [2.75, 3.05) is 11.8 Å². The number of esters is 1. The van der Waals surface area contributed by atoms with E-state index in [0.717, 1.165) is 12.8 Å². The van der Waals surface area contributed by atoms with Crippen LogP contribution in [0.2, 0.25) is 0 Å². The van der Waals surface area contributed by atoms with Gasteiger partial charge in [0, 0.05) is 12.8 Å². The Kier molecular flexibility index (Phi) is 16.5. The van der Waals surface area contributed by atoms with E-state index in [0.29, 0.717) is 18.4 Å². The fourth-order valence-corrected chi connectivity index (χ4v) is 3.87. The molecule has 1 aromatic carbocycles. The van der Waals surface area contributed by atoms with Crippen molar-refractivity contribution in [1.82, 2.24) is 0 Å². The highest BCUT2D eigenvalue weighted by atomic mass is 16.8. The first-order valence-electron chi connectivity index (χ1n) is 12.7. The van der Waals surface area contributed by atoms with Crippen molar-refractivity contribution in [2.45, 2.75) is 116 Å². The second-order valence-electron chi connectivity index (χ2n) is 8.76. The van der Waals surface area contributed by atoms with Gasteiger partial charge in [-0.25, -0.2) is 0 Å². The summed E-state index contributed by atoms with van der Waals surface area (Å²) >= 11 is 0. The van der Waals surface area contributed by atoms with Crippen molar-refractivity contribution in [3.05, 3.63) is 23.8 Å². The minimum Gasteiger partial charge on any atom is -0.871 e. The van der Waals surface area contributed by atoms with Gasteiger partial charge in [-0.1, -0.05) is 115 Å². The predicted molar refractivity (Wildman–Crippen MR) is 126 cm³/mol. The molecule has 6 heteroatoms. The summed E-state index contributed by atoms with van der Waals surface area (Å²) in [7, 11) is 0. The normalized spacial score (nSPS) is 11.0. The molecule has 184 valence electrons. The number of carbonyl (C=O) groups is 1. The summed E-state index contributed by atoms with van der Waals surface area (Å²) in [4.78, 5) is 11.8. The molecule has 0 saturated heterocycles. The fourth-order valence-electron chi connectivity index (χ4n) is 3.87. The van der Waals surface area contributed by atoms with Crippen molar-refractivity contribution in [1.29, 1.82) is 0 Å². The Bertz CT molecular complexity index is 606. The number of benzene rings is 1. The summed E-state index contributed by atoms with van der Waals surface area (Å²) in [5.41, 5.74) is 0.485. The maximum absolute atomic E-state index is 11.8. The lowest BCUT2D eigenvalue weighted by Gasteiger charge is -2.17. The van der Waals surface area contributed by atoms with Gasteiger partial charge in [0.1, 0.15) is 0 Å². The van der Waals surface area contributed by atoms with Crippen LogP contribution in [0.5, 0.6) is 5.75 Å². The summed E-state index contributed by atoms with van der Waals surface area (Å²) in [6.45, 7) is 2.48. The second-order valence-corrected chi connectivity index (χ2v) is 8.76. The number of carbonyl (C=O) groups excluding carboxylic acids is 1. The topological polar surface area (TPSA) is 93.1 Å². The van der Waals surface area contributed by atoms with Gasteiger partial charge in [-0.2, -0.15) is 0 Å². The third kappa shape index (κ3) is 14.3. The van der Waals surface area contributed by atoms with Gasteiger partial charge in [0.15, 0.2) is 0 Å². The van der Waals surface area contributed by atoms with Crippen LogP contribution in [0.15, 0.2) is 18.2 Å². The van der Waals surface area contributed by atoms with Crippen molar-refractivity contribution in [2.24, 2.45) is 0 Å². The van der Waals surface area contributed by atoms with E-state index in [1.807, 2.05) is 0 Å². The molecule has 0 fully saturated rings. The van der Waals surface area contributed by atoms with Gasteiger partial charge >= 0.3 is 5.97 Å². The van der Waals surface area contributed by atoms with E-state index < -0.39 is 5.75 Å². The molecule has 2 N–H and O–H groups in total. The third-order valence-corrected chi connectivity index (χ3v) is 5.88. The standard InChI is InChI=1S/C26H45NO5/c1-2-3-4-5-6-7-8-9-10-11-12-13-14-15-16-17-26(29)32-21-20-23-18-19-25(28)24(22-23)27(30)31/h18-19,22,28,30-31H,2-17,20-21H2,1H3/p-1. The van der Waals surface area contributed by atoms with Crippen molar-refractivity contribution in [3.8, 4) is 5.75 Å². The first kappa shape index (κ1) is 28.2. The zero-order valence-corrected chi connectivity index (χ0v) is 20.0. The van der Waals surface area contributed by atoms with Gasteiger partial charge < -0.3 is 9.84 Å². The highest BCUT2D eigenvalue weighted by Crippen LogP contribution is 2.24. The molecule has 0 radical (unpaired) electrons. The van der Waals surface area contributed by atoms with Crippen LogP contribution in [0, 0.1) is 0 Å². The molecule has 1 aromatic rings. The zero-order valence-electron chi connectivity index (χ0n) is 20.0. The summed E-state index contributed by atoms with van der Waals surface area (Å²) < 4.78 is 5.24. The second kappa shape index (κ2) is 18.8. The molecular weight excluding hydrogens is 406 g/mol. The lowest BCUT2D eigenvalue weighted by Crippen LogP contribution is -2.14. The highest BCUT2D eigenvalue weighted by molar-refractivity contribution is 5.69. The lowest BCUT2D eigenvalue weighted by molar-refractivity contribution is -0.268. The van der Waals surface area contributed by atoms with E-state index in [-0.39, 0.29) is 23.5 Å². The minimum atomic E-state index is -0.482. The van der Waals surface area contributed by atoms with Crippen molar-refractivity contribution in [3.63, 3.8) is 0 Å². The number of hydrogen-bond donors (Lipinski definition) is 2. The van der Waals surface area contributed by atoms with Gasteiger partial charge in [-0.15, -0.1) is 5.23 Å². The molecule has 0 atom stereocenters. The maximum atomic E-state index is 11.8. The molecule has 6 nitrogen and oxygen atoms in total. The van der Waals surface area contributed by atoms with Crippen LogP contribution in [0.25, 0.3) is 0 Å². The average molecular weight is 451 g/mol. The van der Waals surface area contributed by atoms with E-state index in [9.17, 15) is 9.90 Å². The number of ether oxygens (including phenoxy) is 1. The Morgan fingerprint density at radius 1 is 0.844 bits per heavy atom. The van der Waals surface area contributed by atoms with Crippen LogP contribution >= 0.6 is 0 Å². The number of rotatable bonds is 20. The van der Waals surface area contributed by atoms with Gasteiger partial charge in [0.25, 0.3) is 0 Å². The van der Waals surface area contributed by atoms with E-state index in [1.165, 1.54) is 95.6 Å². The molecule has 0 heterocycles. The Morgan fingerprint density at radius 3 is 1.84 bits per heavy atom. The molecule has 32 heavy (non-hydrogen) atoms. The lowest BCUT2D eigenvalue weighted by atomic mass is 10.0. The molecule has 0 aliphatic carbocycles. The van der Waals surface area contributed by atoms with E-state index in [4.69, 9.17) is 15.2 Å². The molecule has 0 amide bonds. The summed E-state index contributed by atoms with van der Waals surface area (Å²) in [6, 6.07) is 4.24. The minimum absolute atomic E-state index is 0.186. The van der Waals surface area contributed by atoms with Gasteiger partial charge in [0.2, 0.25) is 0 Å². The molecule has 0 aromatic heterocycles. The number of unbranched alkanes of at least 4 members (excludes halogenated alkanes) is 14. The van der Waals surface area contributed by atoms with E-state index in [2.05, 4.69) is 6.92 Å². The summed E-state index contributed by atoms with van der Waals surface area (Å²) in [5, 5.41) is 29.3. The van der Waals surface area contributed by atoms with E-state index >= 15 is 0 Å². The van der Waals surface area contributed by atoms with Crippen LogP contribution in [0.4, 0.5) is 5.69 Å². The number of nitrogens with zero attached hydrogens (tertiary/aromatic N) is 1. The number of hydrogen-bond acceptors (Lipinski definition) is 6. The van der Waals surface area contributed by atoms with Gasteiger partial charge in [-0.3, -0.25) is 15.2 Å². The molecule has 0 aliphatic heterocycles. The fraction of sp³-hybridized carbons (Fsp3) is 0.731. The molecule has 0 saturated carbocycles. The van der Waals surface area contributed by atoms with Crippen LogP contribution in [-0.2, 0) is 16.0 Å². The Labute approximate surface area is 194 Å². The van der Waals surface area contributed by atoms with E-state index in [1.54, 1.807) is 6.07 Å². The molecule has 0 unspecified atom stereocenters. The SMILES string of the molecule is CCCCCCCCCCCCCCCCCC(=O)OCCc1ccc([O-])c(N(O)O)c1. The van der Waals surface area contributed by atoms with Gasteiger partial charge in [-0.05, 0) is 18.1 Å². The molecule has 0 bridgehead atoms. The summed E-state index contributed by atoms with van der Waals surface area (Å²) in [6.07, 6.45) is 20.3. The largest absolute Gasteiger partial charge is 0.871 e. The van der Waals surface area contributed by atoms with Crippen LogP contribution in [0.1, 0.15) is 115 Å². The maximum Gasteiger partial charge on any atom is 0.305 e. The summed E-state index contributed by atoms with van der Waals surface area (Å²) in [5.74, 6) is -0.685. The monoisotopic (exact) mass is 450 g/mol. The van der Waals surface area contributed by atoms with Gasteiger partial charge in [0.05, 0.1) is 12.3 Å². The van der Waals surface area contributed by atoms with Crippen LogP contribution in [-0.4, -0.2) is 23.0 Å². The molecule has 1 rings (SSSR count). The molecule has 0 spiro atoms. The third-order valence-electron chi connectivity index (χ3n) is 5.88. The highest BCUT2D eigenvalue weighted by Gasteiger charge is 2.06. The van der Waals surface area contributed by atoms with Crippen molar-refractivity contribution < 1.29 is 25.1 Å². The van der Waals surface area contributed by atoms with Crippen molar-refractivity contribution >= 4 is 11.7 Å². The van der Waals surface area contributed by atoms with Crippen LogP contribution < -0.4 is 10.3 Å². The number of anilines is 1. The first-order valence-corrected chi connectivity index (χ1v) is 12.7. The first-order chi connectivity index (χ1) is 15.5. The predicted octanol–water partition coefficient (Wildman–Crippen LogP) is 6.69. The quantitative estimate of drug-likeness (QED) is 0.131. The molecular formula is C26H44NO5-. The average Bonchev–Trinajstić information content (AvgIpc) is 2.77. The smallest absolute Gasteiger partial charge is 0.305 e. The molecule has 0 aliphatic rings. The Morgan fingerprint density at radius 2 is 1.34 bits per heavy atom.